The lowest BCUT2D eigenvalue weighted by Crippen LogP contribution is -2.45. The molecule has 2 unspecified atom stereocenters. The van der Waals surface area contributed by atoms with Gasteiger partial charge in [-0.2, -0.15) is 0 Å². The summed E-state index contributed by atoms with van der Waals surface area (Å²) in [5.74, 6) is 0.592. The molecule has 1 aromatic carbocycles. The number of carbonyl (C=O) groups excluding carboxylic acids is 1. The van der Waals surface area contributed by atoms with Crippen LogP contribution in [0.5, 0.6) is 0 Å². The Morgan fingerprint density at radius 1 is 1.42 bits per heavy atom. The topological polar surface area (TPSA) is 46.3 Å². The number of nitrogens with two attached hydrogens (primary N) is 1. The Labute approximate surface area is 115 Å². The molecule has 1 saturated heterocycles. The van der Waals surface area contributed by atoms with Gasteiger partial charge in [0.25, 0.3) is 5.91 Å². The normalized spacial score (nSPS) is 21.3. The Hall–Kier alpha value is -1.35. The molecule has 2 rings (SSSR count). The van der Waals surface area contributed by atoms with Crippen molar-refractivity contribution in [3.63, 3.8) is 0 Å². The lowest BCUT2D eigenvalue weighted by atomic mass is 9.91. The van der Waals surface area contributed by atoms with Crippen LogP contribution in [0.3, 0.4) is 0 Å². The van der Waals surface area contributed by atoms with Gasteiger partial charge in [0.15, 0.2) is 0 Å². The highest BCUT2D eigenvalue weighted by Gasteiger charge is 2.27. The first-order valence-electron chi connectivity index (χ1n) is 7.11. The van der Waals surface area contributed by atoms with E-state index in [-0.39, 0.29) is 11.9 Å². The van der Waals surface area contributed by atoms with Gasteiger partial charge in [-0.15, -0.1) is 0 Å². The fourth-order valence-corrected chi connectivity index (χ4v) is 2.76. The van der Waals surface area contributed by atoms with Crippen LogP contribution in [0.1, 0.15) is 41.3 Å². The van der Waals surface area contributed by atoms with Crippen molar-refractivity contribution in [2.45, 2.75) is 39.7 Å². The summed E-state index contributed by atoms with van der Waals surface area (Å²) in [5.41, 5.74) is 9.01. The zero-order valence-electron chi connectivity index (χ0n) is 12.1. The van der Waals surface area contributed by atoms with E-state index in [1.807, 2.05) is 43.9 Å². The van der Waals surface area contributed by atoms with Crippen LogP contribution in [-0.4, -0.2) is 29.9 Å². The van der Waals surface area contributed by atoms with Crippen LogP contribution >= 0.6 is 0 Å². The number of carbonyl (C=O) groups is 1. The lowest BCUT2D eigenvalue weighted by molar-refractivity contribution is 0.0660. The first-order valence-corrected chi connectivity index (χ1v) is 7.11. The standard InChI is InChI=1S/C16H24N2O/c1-11-6-7-12(2)15(9-11)16(19)18-8-4-5-14(10-18)13(3)17/h6-7,9,13-14H,4-5,8,10,17H2,1-3H3. The van der Waals surface area contributed by atoms with Crippen LogP contribution in [0.2, 0.25) is 0 Å². The second kappa shape index (κ2) is 5.74. The largest absolute Gasteiger partial charge is 0.338 e. The molecule has 3 nitrogen and oxygen atoms in total. The summed E-state index contributed by atoms with van der Waals surface area (Å²) in [6, 6.07) is 6.23. The average molecular weight is 260 g/mol. The molecule has 104 valence electrons. The molecule has 1 aliphatic rings. The minimum atomic E-state index is 0.159. The first-order chi connectivity index (χ1) is 8.99. The maximum atomic E-state index is 12.6. The van der Waals surface area contributed by atoms with Gasteiger partial charge in [-0.1, -0.05) is 17.7 Å². The number of aryl methyl sites for hydroxylation is 2. The Morgan fingerprint density at radius 3 is 2.84 bits per heavy atom. The predicted octanol–water partition coefficient (Wildman–Crippen LogP) is 2.50. The Bertz CT molecular complexity index is 468. The molecule has 0 bridgehead atoms. The maximum absolute atomic E-state index is 12.6. The monoisotopic (exact) mass is 260 g/mol. The molecule has 0 aromatic heterocycles. The second-order valence-corrected chi connectivity index (χ2v) is 5.83. The van der Waals surface area contributed by atoms with Crippen molar-refractivity contribution in [1.82, 2.24) is 4.90 Å². The van der Waals surface area contributed by atoms with E-state index in [1.54, 1.807) is 0 Å². The third-order valence-corrected chi connectivity index (χ3v) is 4.11. The van der Waals surface area contributed by atoms with Gasteiger partial charge < -0.3 is 10.6 Å². The minimum Gasteiger partial charge on any atom is -0.338 e. The van der Waals surface area contributed by atoms with Crippen molar-refractivity contribution in [2.24, 2.45) is 11.7 Å². The van der Waals surface area contributed by atoms with Crippen molar-refractivity contribution in [1.29, 1.82) is 0 Å². The molecule has 1 heterocycles. The summed E-state index contributed by atoms with van der Waals surface area (Å²) in [6.45, 7) is 7.71. The number of amides is 1. The average Bonchev–Trinajstić information content (AvgIpc) is 2.41. The van der Waals surface area contributed by atoms with E-state index in [4.69, 9.17) is 5.73 Å². The number of likely N-dealkylation sites (tertiary alicyclic amines) is 1. The van der Waals surface area contributed by atoms with Crippen molar-refractivity contribution < 1.29 is 4.79 Å². The van der Waals surface area contributed by atoms with Crippen molar-refractivity contribution >= 4 is 5.91 Å². The first kappa shape index (κ1) is 14.1. The van der Waals surface area contributed by atoms with Crippen molar-refractivity contribution in [3.8, 4) is 0 Å². The highest BCUT2D eigenvalue weighted by molar-refractivity contribution is 5.95. The van der Waals surface area contributed by atoms with Gasteiger partial charge in [0, 0.05) is 24.7 Å². The summed E-state index contributed by atoms with van der Waals surface area (Å²) in [4.78, 5) is 14.6. The Morgan fingerprint density at radius 2 is 2.16 bits per heavy atom. The molecule has 0 aliphatic carbocycles. The Kier molecular flexibility index (Phi) is 4.25. The number of nitrogens with zero attached hydrogens (tertiary/aromatic N) is 1. The summed E-state index contributed by atoms with van der Waals surface area (Å²) >= 11 is 0. The highest BCUT2D eigenvalue weighted by Crippen LogP contribution is 2.22. The number of hydrogen-bond donors (Lipinski definition) is 1. The molecule has 1 fully saturated rings. The summed E-state index contributed by atoms with van der Waals surface area (Å²) in [5, 5.41) is 0. The highest BCUT2D eigenvalue weighted by atomic mass is 16.2. The van der Waals surface area contributed by atoms with Gasteiger partial charge in [0.2, 0.25) is 0 Å². The molecule has 0 radical (unpaired) electrons. The second-order valence-electron chi connectivity index (χ2n) is 5.83. The molecule has 3 heteroatoms. The minimum absolute atomic E-state index is 0.159. The SMILES string of the molecule is Cc1ccc(C)c(C(=O)N2CCCC(C(C)N)C2)c1. The smallest absolute Gasteiger partial charge is 0.254 e. The fourth-order valence-electron chi connectivity index (χ4n) is 2.76. The van der Waals surface area contributed by atoms with Gasteiger partial charge in [0.1, 0.15) is 0 Å². The predicted molar refractivity (Wildman–Crippen MR) is 78.2 cm³/mol. The van der Waals surface area contributed by atoms with Crippen molar-refractivity contribution in [3.05, 3.63) is 34.9 Å². The number of rotatable bonds is 2. The molecule has 1 aliphatic heterocycles. The van der Waals surface area contributed by atoms with Crippen LogP contribution in [0.4, 0.5) is 0 Å². The Balaban J connectivity index is 2.17. The van der Waals surface area contributed by atoms with Gasteiger partial charge >= 0.3 is 0 Å². The van der Waals surface area contributed by atoms with Crippen LogP contribution in [0, 0.1) is 19.8 Å². The fraction of sp³-hybridized carbons (Fsp3) is 0.562. The lowest BCUT2D eigenvalue weighted by Gasteiger charge is -2.35. The van der Waals surface area contributed by atoms with Crippen molar-refractivity contribution in [2.75, 3.05) is 13.1 Å². The van der Waals surface area contributed by atoms with Gasteiger partial charge in [-0.05, 0) is 51.2 Å². The molecular weight excluding hydrogens is 236 g/mol. The number of benzene rings is 1. The maximum Gasteiger partial charge on any atom is 0.254 e. The summed E-state index contributed by atoms with van der Waals surface area (Å²) < 4.78 is 0. The molecule has 2 atom stereocenters. The third kappa shape index (κ3) is 3.16. The molecule has 0 saturated carbocycles. The van der Waals surface area contributed by atoms with Gasteiger partial charge in [-0.3, -0.25) is 4.79 Å². The molecule has 2 N–H and O–H groups in total. The molecule has 1 amide bonds. The zero-order chi connectivity index (χ0) is 14.0. The van der Waals surface area contributed by atoms with Crippen LogP contribution < -0.4 is 5.73 Å². The molecular formula is C16H24N2O. The van der Waals surface area contributed by atoms with E-state index < -0.39 is 0 Å². The van der Waals surface area contributed by atoms with E-state index in [0.29, 0.717) is 5.92 Å². The number of piperidine rings is 1. The van der Waals surface area contributed by atoms with E-state index in [9.17, 15) is 4.79 Å². The zero-order valence-corrected chi connectivity index (χ0v) is 12.1. The van der Waals surface area contributed by atoms with Gasteiger partial charge in [-0.25, -0.2) is 0 Å². The molecule has 1 aromatic rings. The quantitative estimate of drug-likeness (QED) is 0.888. The third-order valence-electron chi connectivity index (χ3n) is 4.11. The van der Waals surface area contributed by atoms with E-state index in [2.05, 4.69) is 0 Å². The number of hydrogen-bond acceptors (Lipinski definition) is 2. The molecule has 19 heavy (non-hydrogen) atoms. The van der Waals surface area contributed by atoms with E-state index >= 15 is 0 Å². The van der Waals surface area contributed by atoms with E-state index in [0.717, 1.165) is 42.6 Å². The van der Waals surface area contributed by atoms with E-state index in [1.165, 1.54) is 0 Å². The van der Waals surface area contributed by atoms with Crippen LogP contribution in [0.25, 0.3) is 0 Å². The van der Waals surface area contributed by atoms with Crippen LogP contribution in [-0.2, 0) is 0 Å². The summed E-state index contributed by atoms with van der Waals surface area (Å²) in [6.07, 6.45) is 2.19. The summed E-state index contributed by atoms with van der Waals surface area (Å²) in [7, 11) is 0. The molecule has 0 spiro atoms. The van der Waals surface area contributed by atoms with Crippen LogP contribution in [0.15, 0.2) is 18.2 Å². The van der Waals surface area contributed by atoms with Gasteiger partial charge in [0.05, 0.1) is 0 Å².